The number of carbonyl (C=O) groups is 7. The standard InChI is InChI=1S/C20H25FN2O4S.C18H21FN2O4S.C17H21FN2O5S2.C17H21FN2O3S.C15H18FN3O3S/c1-12(2)17(24)3-4-18-16-11-26-19-10-14(22-5-7-28-8-6-22)13(21)9-15(19)23(16)20(25)27-18;1-11(22)2-3-16-15-10-24-17-9-13(20-4-6-26-7-5-20)12(19)8-14(17)21(15)18(23)25-16;1-27(22,23)7-2-15-14-10-24-16-9-12(19-3-5-26-6-4-19)11(18)8-13(16)20(14)17(21)25-15;1-2-3-15-14-10-22-16-9-12(19-4-6-24-7-5-19)11(18)8-13(16)20(14)17(21)23-15;16-9-5-11-13(6-10(9)18-1-3-23-4-2-18)21-8-12-14(7-17)22-15(20)19(11)12/h9-10,12,16,18H,3-8,11H2,1-2H3;8-9,15-16H,2-7,10H2,1H3;8-9,14-15H,2-7,10H2,1H3;8-9,14-15H,2-7,10H2,1H3;5-6,12,14H,1-4,7-8,17H2/t16-,18-;15-,16-;2*14-,15-;12-,14-/m00000/s1. The number of sulfone groups is 1. The molecule has 41 heteroatoms. The Balaban J connectivity index is 0.000000118. The van der Waals surface area contributed by atoms with E-state index >= 15 is 0 Å². The maximum atomic E-state index is 14.9. The van der Waals surface area contributed by atoms with Gasteiger partial charge < -0.3 is 82.4 Å². The molecular formula is C87H106F5N11O19S6. The lowest BCUT2D eigenvalue weighted by Crippen LogP contribution is -2.46. The lowest BCUT2D eigenvalue weighted by molar-refractivity contribution is -0.122. The van der Waals surface area contributed by atoms with Gasteiger partial charge in [0.1, 0.15) is 173 Å². The van der Waals surface area contributed by atoms with Crippen LogP contribution in [-0.4, -0.2) is 286 Å². The number of rotatable bonds is 18. The normalized spacial score (nSPS) is 25.1. The quantitative estimate of drug-likeness (QED) is 0.0629. The summed E-state index contributed by atoms with van der Waals surface area (Å²) in [5.41, 5.74) is 10.3. The maximum Gasteiger partial charge on any atom is 0.415 e. The number of carbonyl (C=O) groups excluding carboxylic acids is 7. The van der Waals surface area contributed by atoms with Gasteiger partial charge in [-0.3, -0.25) is 29.3 Å². The van der Waals surface area contributed by atoms with Crippen LogP contribution in [0.3, 0.4) is 0 Å². The Kier molecular flexibility index (Phi) is 29.2. The highest BCUT2D eigenvalue weighted by atomic mass is 32.2. The van der Waals surface area contributed by atoms with Crippen LogP contribution in [0.4, 0.5) is 103 Å². The summed E-state index contributed by atoms with van der Waals surface area (Å²) >= 11 is 9.31. The molecule has 0 saturated carbocycles. The van der Waals surface area contributed by atoms with Crippen molar-refractivity contribution in [1.29, 1.82) is 0 Å². The molecule has 0 bridgehead atoms. The second-order valence-electron chi connectivity index (χ2n) is 33.5. The predicted molar refractivity (Wildman–Crippen MR) is 487 cm³/mol. The van der Waals surface area contributed by atoms with Gasteiger partial charge in [0.25, 0.3) is 0 Å². The van der Waals surface area contributed by atoms with Gasteiger partial charge in [-0.15, -0.1) is 0 Å². The molecule has 5 amide bonds. The van der Waals surface area contributed by atoms with Gasteiger partial charge in [-0.2, -0.15) is 58.8 Å². The predicted octanol–water partition coefficient (Wildman–Crippen LogP) is 12.9. The summed E-state index contributed by atoms with van der Waals surface area (Å²) < 4.78 is 153. The van der Waals surface area contributed by atoms with E-state index in [0.717, 1.165) is 142 Å². The van der Waals surface area contributed by atoms with Gasteiger partial charge in [-0.25, -0.2) is 54.3 Å². The van der Waals surface area contributed by atoms with E-state index in [9.17, 15) is 63.9 Å². The number of Topliss-reactive ketones (excluding diaryl/α,β-unsaturated/α-hetero) is 2. The summed E-state index contributed by atoms with van der Waals surface area (Å²) in [6.45, 7) is 16.9. The van der Waals surface area contributed by atoms with Crippen LogP contribution in [0.5, 0.6) is 28.7 Å². The monoisotopic (exact) mass is 1900 g/mol. The van der Waals surface area contributed by atoms with E-state index in [2.05, 4.69) is 6.92 Å². The smallest absolute Gasteiger partial charge is 0.415 e. The molecule has 10 fully saturated rings. The number of anilines is 10. The van der Waals surface area contributed by atoms with Crippen LogP contribution in [0.15, 0.2) is 60.7 Å². The van der Waals surface area contributed by atoms with Crippen molar-refractivity contribution in [3.63, 3.8) is 0 Å². The molecule has 0 unspecified atom stereocenters. The Morgan fingerprint density at radius 2 is 0.609 bits per heavy atom. The maximum absolute atomic E-state index is 14.9. The summed E-state index contributed by atoms with van der Waals surface area (Å²) in [5.74, 6) is 10.5. The second kappa shape index (κ2) is 40.4. The van der Waals surface area contributed by atoms with Gasteiger partial charge in [0.15, 0.2) is 0 Å². The van der Waals surface area contributed by atoms with Crippen LogP contribution in [0.25, 0.3) is 0 Å². The number of benzene rings is 5. The van der Waals surface area contributed by atoms with Crippen molar-refractivity contribution in [3.8, 4) is 28.7 Å². The average Bonchev–Trinajstić information content (AvgIpc) is 1.63. The summed E-state index contributed by atoms with van der Waals surface area (Å²) in [6.07, 6.45) is 0.125. The molecule has 0 spiro atoms. The number of nitrogens with two attached hydrogens (primary N) is 1. The van der Waals surface area contributed by atoms with Gasteiger partial charge in [0.05, 0.1) is 62.6 Å². The van der Waals surface area contributed by atoms with E-state index in [1.807, 2.05) is 97.2 Å². The van der Waals surface area contributed by atoms with Crippen molar-refractivity contribution in [2.24, 2.45) is 11.7 Å². The highest BCUT2D eigenvalue weighted by molar-refractivity contribution is 8.00. The molecule has 30 nitrogen and oxygen atoms in total. The Bertz CT molecular complexity index is 5090. The zero-order valence-corrected chi connectivity index (χ0v) is 76.7. The number of ether oxygens (including phenoxy) is 10. The first-order chi connectivity index (χ1) is 61.7. The van der Waals surface area contributed by atoms with E-state index in [4.69, 9.17) is 53.1 Å². The zero-order chi connectivity index (χ0) is 89.9. The molecule has 5 aromatic rings. The first-order valence-corrected chi connectivity index (χ1v) is 51.4. The number of cyclic esters (lactones) is 5. The number of nitrogens with zero attached hydrogens (tertiary/aromatic N) is 10. The van der Waals surface area contributed by atoms with Gasteiger partial charge in [0.2, 0.25) is 0 Å². The SMILES string of the molecule is CC(=O)CC[C@@H]1OC(=O)N2c3cc(F)c(N4CCSCC4)cc3OC[C@@H]12.CC(C)C(=O)CC[C@@H]1OC(=O)N2c3cc(F)c(N4CCSCC4)cc3OC[C@@H]12.CCC[C@@H]1OC(=O)N2c3cc(F)c(N4CCSCC4)cc3OC[C@@H]12.CS(=O)(=O)CC[C@@H]1OC(=O)N2c3cc(F)c(N4CCSCC4)cc3OC[C@@H]12.NC[C@@H]1OC(=O)N2c3cc(F)c(N4CCSCC4)cc3OC[C@@H]12. The number of fused-ring (bicyclic) bond motifs is 15. The fourth-order valence-corrected chi connectivity index (χ4v) is 23.3. The Morgan fingerprint density at radius 3 is 0.844 bits per heavy atom. The van der Waals surface area contributed by atoms with Crippen molar-refractivity contribution < 1.29 is 111 Å². The molecule has 128 heavy (non-hydrogen) atoms. The zero-order valence-electron chi connectivity index (χ0n) is 71.8. The number of ketones is 2. The highest BCUT2D eigenvalue weighted by Gasteiger charge is 2.53. The molecule has 0 aliphatic carbocycles. The van der Waals surface area contributed by atoms with Crippen molar-refractivity contribution >= 4 is 168 Å². The van der Waals surface area contributed by atoms with Crippen LogP contribution < -0.4 is 78.4 Å². The summed E-state index contributed by atoms with van der Waals surface area (Å²) in [5, 5.41) is 0. The molecule has 10 saturated heterocycles. The van der Waals surface area contributed by atoms with E-state index in [1.165, 1.54) is 56.9 Å². The van der Waals surface area contributed by atoms with E-state index in [1.54, 1.807) is 35.2 Å². The van der Waals surface area contributed by atoms with Crippen molar-refractivity contribution in [2.75, 3.05) is 224 Å². The van der Waals surface area contributed by atoms with E-state index < -0.39 is 76.6 Å². The minimum absolute atomic E-state index is 0.0442. The molecule has 2 N–H and O–H groups in total. The number of halogens is 5. The molecule has 10 atom stereocenters. The Morgan fingerprint density at radius 1 is 0.375 bits per heavy atom. The summed E-state index contributed by atoms with van der Waals surface area (Å²) in [4.78, 5) is 102. The van der Waals surface area contributed by atoms with Gasteiger partial charge in [-0.1, -0.05) is 27.2 Å². The third-order valence-corrected chi connectivity index (χ3v) is 30.7. The molecule has 20 rings (SSSR count). The molecular weight excluding hydrogens is 1790 g/mol. The van der Waals surface area contributed by atoms with Crippen molar-refractivity contribution in [3.05, 3.63) is 89.7 Å². The van der Waals surface area contributed by atoms with E-state index in [0.29, 0.717) is 125 Å². The molecule has 15 aliphatic rings. The van der Waals surface area contributed by atoms with Crippen LogP contribution in [0.1, 0.15) is 72.6 Å². The van der Waals surface area contributed by atoms with Crippen LogP contribution >= 0.6 is 58.8 Å². The third-order valence-electron chi connectivity index (χ3n) is 25.0. The van der Waals surface area contributed by atoms with Gasteiger partial charge >= 0.3 is 30.5 Å². The topological polar surface area (TPSA) is 304 Å². The number of hydrogen-bond donors (Lipinski definition) is 1. The fourth-order valence-electron chi connectivity index (χ4n) is 18.2. The molecule has 15 aliphatic heterocycles. The first-order valence-electron chi connectivity index (χ1n) is 43.5. The minimum atomic E-state index is -3.17. The molecule has 0 radical (unpaired) electrons. The largest absolute Gasteiger partial charge is 0.489 e. The van der Waals surface area contributed by atoms with Crippen LogP contribution in [0, 0.1) is 35.0 Å². The van der Waals surface area contributed by atoms with E-state index in [-0.39, 0.29) is 110 Å². The summed E-state index contributed by atoms with van der Waals surface area (Å²) in [6, 6.07) is 13.7. The van der Waals surface area contributed by atoms with Crippen LogP contribution in [0.2, 0.25) is 0 Å². The first kappa shape index (κ1) is 92.4. The summed E-state index contributed by atoms with van der Waals surface area (Å²) in [7, 11) is -3.17. The molecule has 15 heterocycles. The second-order valence-corrected chi connectivity index (χ2v) is 41.9. The third kappa shape index (κ3) is 20.0. The van der Waals surface area contributed by atoms with Crippen LogP contribution in [-0.2, 0) is 43.1 Å². The Hall–Kier alpha value is -8.90. The molecule has 5 aromatic carbocycles. The van der Waals surface area contributed by atoms with Crippen molar-refractivity contribution in [1.82, 2.24) is 0 Å². The van der Waals surface area contributed by atoms with Crippen molar-refractivity contribution in [2.45, 2.75) is 133 Å². The Labute approximate surface area is 761 Å². The number of amides is 5. The van der Waals surface area contributed by atoms with Gasteiger partial charge in [0, 0.05) is 222 Å². The lowest BCUT2D eigenvalue weighted by Gasteiger charge is -2.34. The minimum Gasteiger partial charge on any atom is -0.489 e. The number of hydrogen-bond acceptors (Lipinski definition) is 30. The fraction of sp³-hybridized carbons (Fsp3) is 0.575. The molecule has 0 aromatic heterocycles. The molecule has 694 valence electrons. The number of thioether (sulfide) groups is 5. The van der Waals surface area contributed by atoms with Gasteiger partial charge in [-0.05, 0) is 26.2 Å². The highest BCUT2D eigenvalue weighted by Crippen LogP contribution is 2.50. The average molecular weight is 1900 g/mol. The lowest BCUT2D eigenvalue weighted by atomic mass is 9.98.